The zero-order valence-electron chi connectivity index (χ0n) is 29.9. The van der Waals surface area contributed by atoms with E-state index in [1.165, 1.54) is 91.8 Å². The Bertz CT molecular complexity index is 2290. The number of rotatable bonds is 7. The average molecular weight is 683 g/mol. The van der Waals surface area contributed by atoms with Crippen molar-refractivity contribution < 1.29 is 0 Å². The van der Waals surface area contributed by atoms with E-state index in [9.17, 15) is 0 Å². The third kappa shape index (κ3) is 6.12. The van der Waals surface area contributed by atoms with E-state index >= 15 is 0 Å². The standard InChI is InChI=1S/C48H46N2S/c1-33-11-10-16-41(27-33)50(39-14-8-5-9-15-39)42-22-24-46-45(29-42)44-23-21-43(30-47(44)51-46)49(38-12-6-4-7-13-38)40-19-17-37(18-20-40)48(3)31-35-25-34(2)26-36(28-35)32-48/h4-24,27,29-30,34-36H,25-26,28,31-32H2,1-3H3. The van der Waals surface area contributed by atoms with E-state index in [4.69, 9.17) is 0 Å². The molecule has 0 aliphatic heterocycles. The zero-order chi connectivity index (χ0) is 34.5. The molecule has 2 atom stereocenters. The van der Waals surface area contributed by atoms with Crippen molar-refractivity contribution in [1.29, 1.82) is 0 Å². The highest BCUT2D eigenvalue weighted by Crippen LogP contribution is 2.52. The molecule has 51 heavy (non-hydrogen) atoms. The predicted molar refractivity (Wildman–Crippen MR) is 220 cm³/mol. The van der Waals surface area contributed by atoms with Gasteiger partial charge in [-0.25, -0.2) is 0 Å². The maximum Gasteiger partial charge on any atom is 0.0476 e. The average Bonchev–Trinajstić information content (AvgIpc) is 3.50. The van der Waals surface area contributed by atoms with Gasteiger partial charge in [-0.3, -0.25) is 0 Å². The summed E-state index contributed by atoms with van der Waals surface area (Å²) in [7, 11) is 0. The van der Waals surface area contributed by atoms with E-state index in [0.717, 1.165) is 23.4 Å². The summed E-state index contributed by atoms with van der Waals surface area (Å²) in [4.78, 5) is 4.79. The van der Waals surface area contributed by atoms with Crippen molar-refractivity contribution in [3.05, 3.63) is 157 Å². The van der Waals surface area contributed by atoms with Gasteiger partial charge in [-0.1, -0.05) is 80.6 Å². The Morgan fingerprint density at radius 2 is 1.06 bits per heavy atom. The fourth-order valence-electron chi connectivity index (χ4n) is 9.69. The van der Waals surface area contributed by atoms with Crippen LogP contribution in [0.5, 0.6) is 0 Å². The first-order valence-corrected chi connectivity index (χ1v) is 19.6. The molecule has 0 saturated heterocycles. The third-order valence-corrected chi connectivity index (χ3v) is 12.8. The van der Waals surface area contributed by atoms with Crippen molar-refractivity contribution in [3.63, 3.8) is 0 Å². The van der Waals surface area contributed by atoms with Crippen LogP contribution in [0.1, 0.15) is 57.1 Å². The van der Waals surface area contributed by atoms with Gasteiger partial charge in [0.25, 0.3) is 0 Å². The fourth-order valence-corrected chi connectivity index (χ4v) is 10.8. The number of benzene rings is 6. The van der Waals surface area contributed by atoms with Crippen LogP contribution >= 0.6 is 11.3 Å². The largest absolute Gasteiger partial charge is 0.310 e. The van der Waals surface area contributed by atoms with Gasteiger partial charge in [0, 0.05) is 54.3 Å². The van der Waals surface area contributed by atoms with Gasteiger partial charge < -0.3 is 9.80 Å². The molecule has 0 amide bonds. The van der Waals surface area contributed by atoms with Gasteiger partial charge in [-0.05, 0) is 152 Å². The minimum absolute atomic E-state index is 0.272. The van der Waals surface area contributed by atoms with Gasteiger partial charge in [0.15, 0.2) is 0 Å². The molecule has 2 aliphatic rings. The Hall–Kier alpha value is -4.86. The fraction of sp³-hybridized carbons (Fsp3) is 0.250. The van der Waals surface area contributed by atoms with Crippen LogP contribution in [0.4, 0.5) is 34.1 Å². The molecule has 3 heteroatoms. The summed E-state index contributed by atoms with van der Waals surface area (Å²) in [6, 6.07) is 53.9. The third-order valence-electron chi connectivity index (χ3n) is 11.7. The molecule has 6 aromatic carbocycles. The molecule has 2 aliphatic carbocycles. The smallest absolute Gasteiger partial charge is 0.0476 e. The lowest BCUT2D eigenvalue weighted by molar-refractivity contribution is 0.0899. The van der Waals surface area contributed by atoms with Crippen LogP contribution in [0.15, 0.2) is 146 Å². The lowest BCUT2D eigenvalue weighted by Gasteiger charge is -2.47. The minimum Gasteiger partial charge on any atom is -0.310 e. The molecule has 254 valence electrons. The van der Waals surface area contributed by atoms with Crippen LogP contribution < -0.4 is 9.80 Å². The van der Waals surface area contributed by atoms with Gasteiger partial charge in [0.2, 0.25) is 0 Å². The first-order valence-electron chi connectivity index (χ1n) is 18.7. The molecule has 1 heterocycles. The van der Waals surface area contributed by atoms with Crippen molar-refractivity contribution in [2.75, 3.05) is 9.80 Å². The molecule has 2 saturated carbocycles. The Balaban J connectivity index is 1.09. The first-order chi connectivity index (χ1) is 24.9. The second-order valence-corrected chi connectivity index (χ2v) is 16.8. The number of nitrogens with zero attached hydrogens (tertiary/aromatic N) is 2. The molecule has 0 spiro atoms. The first kappa shape index (κ1) is 32.1. The van der Waals surface area contributed by atoms with Crippen molar-refractivity contribution in [3.8, 4) is 0 Å². The summed E-state index contributed by atoms with van der Waals surface area (Å²) < 4.78 is 2.60. The number of anilines is 6. The summed E-state index contributed by atoms with van der Waals surface area (Å²) in [5.74, 6) is 2.65. The van der Waals surface area contributed by atoms with E-state index in [1.807, 2.05) is 11.3 Å². The van der Waals surface area contributed by atoms with Gasteiger partial charge in [-0.15, -0.1) is 11.3 Å². The molecule has 2 fully saturated rings. The Morgan fingerprint density at radius 1 is 0.510 bits per heavy atom. The number of para-hydroxylation sites is 2. The van der Waals surface area contributed by atoms with Gasteiger partial charge in [0.05, 0.1) is 0 Å². The van der Waals surface area contributed by atoms with Crippen LogP contribution in [0.3, 0.4) is 0 Å². The van der Waals surface area contributed by atoms with E-state index in [-0.39, 0.29) is 5.41 Å². The highest BCUT2D eigenvalue weighted by atomic mass is 32.1. The van der Waals surface area contributed by atoms with Gasteiger partial charge >= 0.3 is 0 Å². The van der Waals surface area contributed by atoms with Crippen LogP contribution in [-0.4, -0.2) is 0 Å². The van der Waals surface area contributed by atoms with E-state index in [2.05, 4.69) is 176 Å². The van der Waals surface area contributed by atoms with E-state index in [1.54, 1.807) is 0 Å². The number of aryl methyl sites for hydroxylation is 1. The van der Waals surface area contributed by atoms with Crippen molar-refractivity contribution in [2.24, 2.45) is 17.8 Å². The zero-order valence-corrected chi connectivity index (χ0v) is 30.7. The summed E-state index contributed by atoms with van der Waals surface area (Å²) >= 11 is 1.88. The Labute approximate surface area is 307 Å². The minimum atomic E-state index is 0.272. The molecule has 0 N–H and O–H groups in total. The summed E-state index contributed by atoms with van der Waals surface area (Å²) in [6.45, 7) is 7.16. The van der Waals surface area contributed by atoms with Crippen LogP contribution in [0.2, 0.25) is 0 Å². The van der Waals surface area contributed by atoms with Crippen LogP contribution in [0.25, 0.3) is 20.2 Å². The van der Waals surface area contributed by atoms with Crippen molar-refractivity contribution in [1.82, 2.24) is 0 Å². The Kier molecular flexibility index (Phi) is 8.20. The molecule has 2 unspecified atom stereocenters. The lowest BCUT2D eigenvalue weighted by Crippen LogP contribution is -2.38. The van der Waals surface area contributed by atoms with E-state index in [0.29, 0.717) is 0 Å². The number of hydrogen-bond acceptors (Lipinski definition) is 3. The number of thiophene rings is 1. The molecule has 2 nitrogen and oxygen atoms in total. The lowest BCUT2D eigenvalue weighted by atomic mass is 9.57. The van der Waals surface area contributed by atoms with Gasteiger partial charge in [-0.2, -0.15) is 0 Å². The normalized spacial score (nSPS) is 21.5. The summed E-state index contributed by atoms with van der Waals surface area (Å²) in [5.41, 5.74) is 10.1. The van der Waals surface area contributed by atoms with Crippen molar-refractivity contribution in [2.45, 2.75) is 58.3 Å². The summed E-state index contributed by atoms with van der Waals surface area (Å²) in [6.07, 6.45) is 6.91. The highest BCUT2D eigenvalue weighted by Gasteiger charge is 2.41. The molecular weight excluding hydrogens is 637 g/mol. The van der Waals surface area contributed by atoms with Crippen LogP contribution in [-0.2, 0) is 5.41 Å². The molecule has 9 rings (SSSR count). The molecule has 1 aromatic heterocycles. The molecule has 2 bridgehead atoms. The topological polar surface area (TPSA) is 6.48 Å². The second-order valence-electron chi connectivity index (χ2n) is 15.7. The predicted octanol–water partition coefficient (Wildman–Crippen LogP) is 14.4. The van der Waals surface area contributed by atoms with Crippen LogP contribution in [0, 0.1) is 24.7 Å². The monoisotopic (exact) mass is 682 g/mol. The second kappa shape index (κ2) is 13.0. The molecule has 0 radical (unpaired) electrons. The number of fused-ring (bicyclic) bond motifs is 5. The summed E-state index contributed by atoms with van der Waals surface area (Å²) in [5, 5.41) is 2.59. The maximum absolute atomic E-state index is 2.53. The van der Waals surface area contributed by atoms with E-state index < -0.39 is 0 Å². The maximum atomic E-state index is 2.53. The van der Waals surface area contributed by atoms with Crippen molar-refractivity contribution >= 4 is 65.6 Å². The van der Waals surface area contributed by atoms with Gasteiger partial charge in [0.1, 0.15) is 0 Å². The quantitative estimate of drug-likeness (QED) is 0.165. The highest BCUT2D eigenvalue weighted by molar-refractivity contribution is 7.25. The number of hydrogen-bond donors (Lipinski definition) is 0. The Morgan fingerprint density at radius 3 is 1.73 bits per heavy atom. The molecular formula is C48H46N2S. The SMILES string of the molecule is Cc1cccc(N(c2ccccc2)c2ccc3sc4cc(N(c5ccccc5)c5ccc(C6(C)CC7CC(C)CC(C7)C6)cc5)ccc4c3c2)c1. The molecule has 7 aromatic rings.